The van der Waals surface area contributed by atoms with Crippen LogP contribution in [0.2, 0.25) is 0 Å². The third kappa shape index (κ3) is 3.17. The number of nitrogens with two attached hydrogens (primary N) is 1. The molecule has 0 aromatic carbocycles. The van der Waals surface area contributed by atoms with Crippen LogP contribution in [0.5, 0.6) is 0 Å². The Morgan fingerprint density at radius 1 is 1.33 bits per heavy atom. The van der Waals surface area contributed by atoms with E-state index in [9.17, 15) is 0 Å². The van der Waals surface area contributed by atoms with E-state index in [0.29, 0.717) is 0 Å². The quantitative estimate of drug-likeness (QED) is 0.742. The summed E-state index contributed by atoms with van der Waals surface area (Å²) in [4.78, 5) is 4.18. The van der Waals surface area contributed by atoms with E-state index in [1.54, 1.807) is 5.51 Å². The monoisotopic (exact) mass is 228 g/mol. The molecule has 1 heterocycles. The van der Waals surface area contributed by atoms with Crippen LogP contribution in [0.3, 0.4) is 0 Å². The smallest absolute Gasteiger partial charge is 0.110 e. The molecule has 0 aliphatic carbocycles. The molecule has 5 heteroatoms. The first-order valence-electron chi connectivity index (χ1n) is 3.21. The van der Waals surface area contributed by atoms with Gasteiger partial charge >= 0.3 is 0 Å². The van der Waals surface area contributed by atoms with Gasteiger partial charge in [-0.1, -0.05) is 20.8 Å². The number of aromatic nitrogens is 1. The number of hydrogen-bond donors (Lipinski definition) is 1. The highest BCUT2D eigenvalue weighted by Crippen LogP contribution is 2.28. The fraction of sp³-hybridized carbons (Fsp3) is 0.571. The molecule has 72 valence electrons. The molecule has 0 atom stereocenters. The summed E-state index contributed by atoms with van der Waals surface area (Å²) in [5.41, 5.74) is 8.57. The lowest BCUT2D eigenvalue weighted by Crippen LogP contribution is -2.13. The van der Waals surface area contributed by atoms with E-state index < -0.39 is 0 Å². The maximum Gasteiger partial charge on any atom is 0.110 e. The Morgan fingerprint density at radius 3 is 2.00 bits per heavy atom. The van der Waals surface area contributed by atoms with Crippen molar-refractivity contribution in [1.29, 1.82) is 0 Å². The van der Waals surface area contributed by atoms with Gasteiger partial charge in [0.25, 0.3) is 0 Å². The van der Waals surface area contributed by atoms with Gasteiger partial charge in [-0.25, -0.2) is 4.98 Å². The van der Waals surface area contributed by atoms with Gasteiger partial charge < -0.3 is 5.73 Å². The minimum atomic E-state index is 0. The van der Waals surface area contributed by atoms with Crippen molar-refractivity contribution in [3.63, 3.8) is 0 Å². The van der Waals surface area contributed by atoms with Crippen LogP contribution < -0.4 is 5.73 Å². The van der Waals surface area contributed by atoms with E-state index in [1.807, 2.05) is 0 Å². The van der Waals surface area contributed by atoms with Gasteiger partial charge in [-0.05, 0) is 0 Å². The predicted molar refractivity (Wildman–Crippen MR) is 59.7 cm³/mol. The largest absolute Gasteiger partial charge is 0.389 e. The van der Waals surface area contributed by atoms with Crippen LogP contribution in [-0.4, -0.2) is 4.98 Å². The standard InChI is InChI=1S/C7H12N2S.2ClH/c1-7(2,3)5-6(8)10-4-9-5;;/h4H,8H2,1-3H3;2*1H. The van der Waals surface area contributed by atoms with E-state index >= 15 is 0 Å². The van der Waals surface area contributed by atoms with Crippen LogP contribution in [0.15, 0.2) is 5.51 Å². The second kappa shape index (κ2) is 4.90. The van der Waals surface area contributed by atoms with Crippen LogP contribution in [0.25, 0.3) is 0 Å². The van der Waals surface area contributed by atoms with Gasteiger partial charge in [0.15, 0.2) is 0 Å². The zero-order valence-electron chi connectivity index (χ0n) is 7.33. The lowest BCUT2D eigenvalue weighted by Gasteiger charge is -2.15. The summed E-state index contributed by atoms with van der Waals surface area (Å²) >= 11 is 1.50. The molecule has 0 radical (unpaired) electrons. The van der Waals surface area contributed by atoms with Crippen molar-refractivity contribution >= 4 is 41.2 Å². The molecular formula is C7H14Cl2N2S. The summed E-state index contributed by atoms with van der Waals surface area (Å²) in [6.45, 7) is 6.33. The molecule has 1 aromatic heterocycles. The summed E-state index contributed by atoms with van der Waals surface area (Å²) in [6, 6.07) is 0. The van der Waals surface area contributed by atoms with Crippen LogP contribution in [-0.2, 0) is 5.41 Å². The Morgan fingerprint density at radius 2 is 1.83 bits per heavy atom. The van der Waals surface area contributed by atoms with Gasteiger partial charge in [-0.15, -0.1) is 36.2 Å². The fourth-order valence-corrected chi connectivity index (χ4v) is 1.56. The van der Waals surface area contributed by atoms with Gasteiger partial charge in [-0.2, -0.15) is 0 Å². The van der Waals surface area contributed by atoms with Gasteiger partial charge in [0.05, 0.1) is 11.2 Å². The molecule has 0 bridgehead atoms. The Bertz CT molecular complexity index is 230. The maximum absolute atomic E-state index is 5.68. The van der Waals surface area contributed by atoms with Crippen molar-refractivity contribution in [1.82, 2.24) is 4.98 Å². The highest BCUT2D eigenvalue weighted by Gasteiger charge is 2.18. The number of thiazole rings is 1. The Kier molecular flexibility index (Phi) is 5.93. The average molecular weight is 229 g/mol. The first-order valence-corrected chi connectivity index (χ1v) is 4.09. The van der Waals surface area contributed by atoms with E-state index in [4.69, 9.17) is 5.73 Å². The molecule has 12 heavy (non-hydrogen) atoms. The Labute approximate surface area is 89.4 Å². The van der Waals surface area contributed by atoms with Crippen molar-refractivity contribution < 1.29 is 0 Å². The third-order valence-electron chi connectivity index (χ3n) is 1.31. The van der Waals surface area contributed by atoms with Gasteiger partial charge in [0.1, 0.15) is 5.00 Å². The van der Waals surface area contributed by atoms with Crippen LogP contribution in [0, 0.1) is 0 Å². The average Bonchev–Trinajstić information content (AvgIpc) is 2.11. The van der Waals surface area contributed by atoms with Gasteiger partial charge in [-0.3, -0.25) is 0 Å². The third-order valence-corrected chi connectivity index (χ3v) is 1.96. The highest BCUT2D eigenvalue weighted by molar-refractivity contribution is 7.13. The molecule has 0 amide bonds. The molecule has 0 fully saturated rings. The molecule has 0 spiro atoms. The second-order valence-corrected chi connectivity index (χ2v) is 4.20. The Hall–Kier alpha value is 0.01000. The summed E-state index contributed by atoms with van der Waals surface area (Å²) in [6.07, 6.45) is 0. The van der Waals surface area contributed by atoms with Crippen molar-refractivity contribution in [2.24, 2.45) is 0 Å². The van der Waals surface area contributed by atoms with Crippen molar-refractivity contribution in [2.75, 3.05) is 5.73 Å². The number of rotatable bonds is 0. The highest BCUT2D eigenvalue weighted by atomic mass is 35.5. The maximum atomic E-state index is 5.68. The molecule has 0 aliphatic heterocycles. The lowest BCUT2D eigenvalue weighted by molar-refractivity contribution is 0.575. The lowest BCUT2D eigenvalue weighted by atomic mass is 9.93. The zero-order valence-corrected chi connectivity index (χ0v) is 9.78. The molecule has 0 saturated heterocycles. The molecule has 0 unspecified atom stereocenters. The molecule has 0 saturated carbocycles. The van der Waals surface area contributed by atoms with Crippen molar-refractivity contribution in [3.05, 3.63) is 11.2 Å². The normalized spacial score (nSPS) is 9.92. The van der Waals surface area contributed by atoms with Crippen LogP contribution >= 0.6 is 36.2 Å². The van der Waals surface area contributed by atoms with E-state index in [2.05, 4.69) is 25.8 Å². The molecular weight excluding hydrogens is 215 g/mol. The van der Waals surface area contributed by atoms with Gasteiger partial charge in [0, 0.05) is 5.41 Å². The SMILES string of the molecule is CC(C)(C)c1ncsc1N.Cl.Cl. The van der Waals surface area contributed by atoms with Crippen LogP contribution in [0.4, 0.5) is 5.00 Å². The first-order chi connectivity index (χ1) is 4.52. The second-order valence-electron chi connectivity index (χ2n) is 3.32. The van der Waals surface area contributed by atoms with Crippen molar-refractivity contribution in [3.8, 4) is 0 Å². The molecule has 2 nitrogen and oxygen atoms in total. The molecule has 1 rings (SSSR count). The Balaban J connectivity index is 0. The van der Waals surface area contributed by atoms with Gasteiger partial charge in [0.2, 0.25) is 0 Å². The number of nitrogens with zero attached hydrogens (tertiary/aromatic N) is 1. The van der Waals surface area contributed by atoms with Crippen LogP contribution in [0.1, 0.15) is 26.5 Å². The number of anilines is 1. The topological polar surface area (TPSA) is 38.9 Å². The summed E-state index contributed by atoms with van der Waals surface area (Å²) in [7, 11) is 0. The number of halogens is 2. The molecule has 0 aliphatic rings. The van der Waals surface area contributed by atoms with E-state index in [0.717, 1.165) is 10.7 Å². The summed E-state index contributed by atoms with van der Waals surface area (Å²) < 4.78 is 0. The number of nitrogen functional groups attached to an aromatic ring is 1. The molecule has 2 N–H and O–H groups in total. The zero-order chi connectivity index (χ0) is 7.78. The minimum Gasteiger partial charge on any atom is -0.389 e. The predicted octanol–water partition coefficient (Wildman–Crippen LogP) is 2.87. The minimum absolute atomic E-state index is 0. The van der Waals surface area contributed by atoms with Crippen molar-refractivity contribution in [2.45, 2.75) is 26.2 Å². The molecule has 1 aromatic rings. The van der Waals surface area contributed by atoms with E-state index in [1.165, 1.54) is 11.3 Å². The summed E-state index contributed by atoms with van der Waals surface area (Å²) in [5.74, 6) is 0. The summed E-state index contributed by atoms with van der Waals surface area (Å²) in [5, 5.41) is 0.840. The van der Waals surface area contributed by atoms with E-state index in [-0.39, 0.29) is 30.2 Å². The fourth-order valence-electron chi connectivity index (χ4n) is 0.819. The first kappa shape index (κ1) is 14.5. The number of hydrogen-bond acceptors (Lipinski definition) is 3.